The van der Waals surface area contributed by atoms with Crippen molar-refractivity contribution in [3.8, 4) is 11.8 Å². The second-order valence-electron chi connectivity index (χ2n) is 6.36. The number of anilines is 1. The van der Waals surface area contributed by atoms with Gasteiger partial charge < -0.3 is 4.90 Å². The quantitative estimate of drug-likeness (QED) is 0.854. The molecule has 1 aromatic carbocycles. The van der Waals surface area contributed by atoms with Crippen LogP contribution in [0.4, 0.5) is 5.82 Å². The van der Waals surface area contributed by atoms with Crippen molar-refractivity contribution in [2.45, 2.75) is 24.7 Å². The summed E-state index contributed by atoms with van der Waals surface area (Å²) in [6.07, 6.45) is 5.03. The van der Waals surface area contributed by atoms with E-state index in [2.05, 4.69) is 23.0 Å². The highest BCUT2D eigenvalue weighted by atomic mass is 32.2. The fraction of sp³-hybridized carbons (Fsp3) is 0.412. The highest BCUT2D eigenvalue weighted by Gasteiger charge is 2.23. The minimum atomic E-state index is -3.23. The molecule has 1 fully saturated rings. The zero-order valence-corrected chi connectivity index (χ0v) is 14.6. The van der Waals surface area contributed by atoms with Gasteiger partial charge >= 0.3 is 0 Å². The Kier molecular flexibility index (Phi) is 4.33. The van der Waals surface area contributed by atoms with E-state index in [0.717, 1.165) is 31.0 Å². The van der Waals surface area contributed by atoms with Crippen molar-refractivity contribution in [2.24, 2.45) is 5.92 Å². The van der Waals surface area contributed by atoms with Gasteiger partial charge in [-0.3, -0.25) is 0 Å². The Balaban J connectivity index is 2.03. The number of aromatic nitrogens is 2. The summed E-state index contributed by atoms with van der Waals surface area (Å²) in [5.41, 5.74) is 1.29. The fourth-order valence-electron chi connectivity index (χ4n) is 3.13. The summed E-state index contributed by atoms with van der Waals surface area (Å²) in [5, 5.41) is 13.8. The lowest BCUT2D eigenvalue weighted by molar-refractivity contribution is 0.442. The van der Waals surface area contributed by atoms with E-state index in [0.29, 0.717) is 11.5 Å². The third-order valence-electron chi connectivity index (χ3n) is 4.33. The van der Waals surface area contributed by atoms with Gasteiger partial charge in [-0.2, -0.15) is 10.4 Å². The van der Waals surface area contributed by atoms with Crippen molar-refractivity contribution in [2.75, 3.05) is 24.2 Å². The van der Waals surface area contributed by atoms with E-state index in [9.17, 15) is 13.7 Å². The van der Waals surface area contributed by atoms with Gasteiger partial charge in [0.1, 0.15) is 17.5 Å². The lowest BCUT2D eigenvalue weighted by Crippen LogP contribution is -2.36. The maximum absolute atomic E-state index is 11.6. The van der Waals surface area contributed by atoms with E-state index < -0.39 is 9.84 Å². The summed E-state index contributed by atoms with van der Waals surface area (Å²) in [4.78, 5) is 2.47. The van der Waals surface area contributed by atoms with Crippen LogP contribution in [0, 0.1) is 17.2 Å². The van der Waals surface area contributed by atoms with Crippen LogP contribution in [0.5, 0.6) is 0 Å². The second-order valence-corrected chi connectivity index (χ2v) is 8.38. The van der Waals surface area contributed by atoms with Crippen LogP contribution in [-0.2, 0) is 9.84 Å². The Morgan fingerprint density at radius 1 is 1.29 bits per heavy atom. The molecule has 1 atom stereocenters. The zero-order chi connectivity index (χ0) is 17.3. The van der Waals surface area contributed by atoms with Gasteiger partial charge in [-0.15, -0.1) is 0 Å². The van der Waals surface area contributed by atoms with E-state index in [-0.39, 0.29) is 4.90 Å². The Labute approximate surface area is 142 Å². The Bertz CT molecular complexity index is 878. The summed E-state index contributed by atoms with van der Waals surface area (Å²) in [6, 6.07) is 8.80. The van der Waals surface area contributed by atoms with Crippen molar-refractivity contribution < 1.29 is 8.42 Å². The molecule has 2 aromatic rings. The first-order chi connectivity index (χ1) is 11.4. The second kappa shape index (κ2) is 6.29. The minimum Gasteiger partial charge on any atom is -0.355 e. The topological polar surface area (TPSA) is 79.0 Å². The molecule has 24 heavy (non-hydrogen) atoms. The van der Waals surface area contributed by atoms with E-state index in [1.165, 1.54) is 12.7 Å². The molecule has 6 nitrogen and oxygen atoms in total. The van der Waals surface area contributed by atoms with Gasteiger partial charge in [0.05, 0.1) is 16.8 Å². The maximum atomic E-state index is 11.6. The van der Waals surface area contributed by atoms with Crippen LogP contribution in [0.3, 0.4) is 0 Å². The largest absolute Gasteiger partial charge is 0.355 e. The highest BCUT2D eigenvalue weighted by Crippen LogP contribution is 2.28. The van der Waals surface area contributed by atoms with Gasteiger partial charge in [-0.1, -0.05) is 6.92 Å². The van der Waals surface area contributed by atoms with Gasteiger partial charge in [0, 0.05) is 19.3 Å². The molecule has 1 unspecified atom stereocenters. The Hall–Kier alpha value is -2.33. The predicted molar refractivity (Wildman–Crippen MR) is 92.0 cm³/mol. The van der Waals surface area contributed by atoms with Crippen LogP contribution in [0.15, 0.2) is 35.4 Å². The number of hydrogen-bond donors (Lipinski definition) is 0. The molecule has 2 heterocycles. The van der Waals surface area contributed by atoms with Crippen LogP contribution in [0.25, 0.3) is 5.69 Å². The summed E-state index contributed by atoms with van der Waals surface area (Å²) in [7, 11) is -3.23. The average molecular weight is 344 g/mol. The van der Waals surface area contributed by atoms with Crippen LogP contribution < -0.4 is 4.90 Å². The van der Waals surface area contributed by atoms with Gasteiger partial charge in [-0.25, -0.2) is 13.1 Å². The monoisotopic (exact) mass is 344 g/mol. The van der Waals surface area contributed by atoms with Crippen molar-refractivity contribution in [1.82, 2.24) is 9.78 Å². The lowest BCUT2D eigenvalue weighted by Gasteiger charge is -2.33. The smallest absolute Gasteiger partial charge is 0.175 e. The number of nitrogens with zero attached hydrogens (tertiary/aromatic N) is 4. The third kappa shape index (κ3) is 3.15. The van der Waals surface area contributed by atoms with Gasteiger partial charge in [0.2, 0.25) is 0 Å². The van der Waals surface area contributed by atoms with E-state index >= 15 is 0 Å². The third-order valence-corrected chi connectivity index (χ3v) is 5.46. The lowest BCUT2D eigenvalue weighted by atomic mass is 10.00. The van der Waals surface area contributed by atoms with Crippen LogP contribution >= 0.6 is 0 Å². The van der Waals surface area contributed by atoms with Crippen LogP contribution in [0.1, 0.15) is 25.3 Å². The molecular formula is C17H20N4O2S. The number of hydrogen-bond acceptors (Lipinski definition) is 5. The number of rotatable bonds is 3. The van der Waals surface area contributed by atoms with Crippen LogP contribution in [-0.4, -0.2) is 37.5 Å². The summed E-state index contributed by atoms with van der Waals surface area (Å²) >= 11 is 0. The first-order valence-electron chi connectivity index (χ1n) is 7.93. The molecule has 1 aromatic heterocycles. The average Bonchev–Trinajstić information content (AvgIpc) is 2.98. The molecular weight excluding hydrogens is 324 g/mol. The summed E-state index contributed by atoms with van der Waals surface area (Å²) < 4.78 is 24.9. The van der Waals surface area contributed by atoms with Crippen molar-refractivity contribution >= 4 is 15.7 Å². The van der Waals surface area contributed by atoms with Crippen molar-refractivity contribution in [1.29, 1.82) is 5.26 Å². The normalized spacial score (nSPS) is 18.4. The summed E-state index contributed by atoms with van der Waals surface area (Å²) in [6.45, 7) is 3.99. The predicted octanol–water partition coefficient (Wildman–Crippen LogP) is 2.38. The first kappa shape index (κ1) is 16.5. The van der Waals surface area contributed by atoms with Gasteiger partial charge in [-0.05, 0) is 43.0 Å². The molecule has 0 amide bonds. The minimum absolute atomic E-state index is 0.270. The summed E-state index contributed by atoms with van der Waals surface area (Å²) in [5.74, 6) is 1.36. The molecule has 1 aliphatic rings. The SMILES string of the molecule is CC1CCCN(c2c(C#N)cnn2-c2ccc(S(C)(=O)=O)cc2)C1. The Morgan fingerprint density at radius 3 is 2.58 bits per heavy atom. The molecule has 126 valence electrons. The van der Waals surface area contributed by atoms with Crippen LogP contribution in [0.2, 0.25) is 0 Å². The molecule has 0 spiro atoms. The molecule has 0 aliphatic carbocycles. The van der Waals surface area contributed by atoms with E-state index in [1.807, 2.05) is 0 Å². The molecule has 1 aliphatic heterocycles. The molecule has 3 rings (SSSR count). The zero-order valence-electron chi connectivity index (χ0n) is 13.8. The number of nitriles is 1. The molecule has 0 N–H and O–H groups in total. The highest BCUT2D eigenvalue weighted by molar-refractivity contribution is 7.90. The molecule has 0 bridgehead atoms. The molecule has 1 saturated heterocycles. The van der Waals surface area contributed by atoms with E-state index in [4.69, 9.17) is 0 Å². The van der Waals surface area contributed by atoms with Crippen molar-refractivity contribution in [3.63, 3.8) is 0 Å². The number of piperidine rings is 1. The molecule has 0 saturated carbocycles. The van der Waals surface area contributed by atoms with E-state index in [1.54, 1.807) is 35.1 Å². The van der Waals surface area contributed by atoms with Crippen molar-refractivity contribution in [3.05, 3.63) is 36.0 Å². The van der Waals surface area contributed by atoms with Gasteiger partial charge in [0.25, 0.3) is 0 Å². The molecule has 7 heteroatoms. The van der Waals surface area contributed by atoms with Gasteiger partial charge in [0.15, 0.2) is 9.84 Å². The first-order valence-corrected chi connectivity index (χ1v) is 9.83. The maximum Gasteiger partial charge on any atom is 0.175 e. The Morgan fingerprint density at radius 2 is 2.00 bits per heavy atom. The fourth-order valence-corrected chi connectivity index (χ4v) is 3.76. The number of benzene rings is 1. The number of sulfone groups is 1. The standard InChI is InChI=1S/C17H20N4O2S/c1-13-4-3-9-20(12-13)17-14(10-18)11-19-21(17)15-5-7-16(8-6-15)24(2,22)23/h5-8,11,13H,3-4,9,12H2,1-2H3. The molecule has 0 radical (unpaired) electrons.